The van der Waals surface area contributed by atoms with Gasteiger partial charge in [-0.25, -0.2) is 0 Å². The van der Waals surface area contributed by atoms with E-state index in [0.29, 0.717) is 0 Å². The van der Waals surface area contributed by atoms with Gasteiger partial charge in [0.15, 0.2) is 0 Å². The van der Waals surface area contributed by atoms with E-state index in [0.717, 1.165) is 18.5 Å². The molecule has 3 heteroatoms. The van der Waals surface area contributed by atoms with Crippen LogP contribution in [0.4, 0.5) is 5.69 Å². The largest absolute Gasteiger partial charge is 0.324 e. The Bertz CT molecular complexity index is 424. The smallest absolute Gasteiger partial charge is 0.241 e. The normalized spacial score (nSPS) is 22.6. The van der Waals surface area contributed by atoms with Gasteiger partial charge in [-0.1, -0.05) is 31.4 Å². The summed E-state index contributed by atoms with van der Waals surface area (Å²) in [5.41, 5.74) is 0.980. The summed E-state index contributed by atoms with van der Waals surface area (Å²) in [6.07, 6.45) is 5.69. The average molecular weight is 233 g/mol. The van der Waals surface area contributed by atoms with Gasteiger partial charge in [0, 0.05) is 4.90 Å². The van der Waals surface area contributed by atoms with Gasteiger partial charge in [-0.2, -0.15) is 0 Å². The molecule has 1 heterocycles. The van der Waals surface area contributed by atoms with Gasteiger partial charge in [0.05, 0.1) is 10.4 Å². The highest BCUT2D eigenvalue weighted by Crippen LogP contribution is 2.49. The number of anilines is 1. The SMILES string of the molecule is O=C1Nc2ccccc2SC12CCCCC2. The van der Waals surface area contributed by atoms with E-state index in [1.807, 2.05) is 18.2 Å². The molecule has 1 saturated carbocycles. The molecule has 0 unspecified atom stereocenters. The van der Waals surface area contributed by atoms with Gasteiger partial charge in [0.2, 0.25) is 5.91 Å². The number of thioether (sulfide) groups is 1. The fourth-order valence-electron chi connectivity index (χ4n) is 2.60. The third-order valence-corrected chi connectivity index (χ3v) is 5.08. The van der Waals surface area contributed by atoms with E-state index >= 15 is 0 Å². The number of carbonyl (C=O) groups is 1. The minimum absolute atomic E-state index is 0.174. The van der Waals surface area contributed by atoms with Crippen LogP contribution in [0, 0.1) is 0 Å². The summed E-state index contributed by atoms with van der Waals surface area (Å²) in [4.78, 5) is 13.4. The summed E-state index contributed by atoms with van der Waals surface area (Å²) in [5.74, 6) is 0.218. The molecule has 16 heavy (non-hydrogen) atoms. The number of rotatable bonds is 0. The number of fused-ring (bicyclic) bond motifs is 1. The fourth-order valence-corrected chi connectivity index (χ4v) is 4.04. The molecule has 1 amide bonds. The second-order valence-electron chi connectivity index (χ2n) is 4.61. The van der Waals surface area contributed by atoms with Crippen LogP contribution in [0.5, 0.6) is 0 Å². The van der Waals surface area contributed by atoms with E-state index in [1.165, 1.54) is 24.2 Å². The molecule has 0 bridgehead atoms. The van der Waals surface area contributed by atoms with E-state index in [9.17, 15) is 4.79 Å². The zero-order chi connectivity index (χ0) is 11.0. The number of hydrogen-bond donors (Lipinski definition) is 1. The van der Waals surface area contributed by atoms with Gasteiger partial charge in [0.25, 0.3) is 0 Å². The highest BCUT2D eigenvalue weighted by molar-refractivity contribution is 8.01. The van der Waals surface area contributed by atoms with Gasteiger partial charge < -0.3 is 5.32 Å². The van der Waals surface area contributed by atoms with Gasteiger partial charge in [-0.05, 0) is 25.0 Å². The highest BCUT2D eigenvalue weighted by Gasteiger charge is 2.43. The molecule has 1 aliphatic heterocycles. The molecule has 0 atom stereocenters. The molecule has 1 aromatic rings. The van der Waals surface area contributed by atoms with Crippen LogP contribution in [0.15, 0.2) is 29.2 Å². The van der Waals surface area contributed by atoms with E-state index in [2.05, 4.69) is 11.4 Å². The molecule has 1 fully saturated rings. The van der Waals surface area contributed by atoms with Crippen molar-refractivity contribution in [3.63, 3.8) is 0 Å². The topological polar surface area (TPSA) is 29.1 Å². The van der Waals surface area contributed by atoms with Crippen molar-refractivity contribution in [2.45, 2.75) is 41.7 Å². The van der Waals surface area contributed by atoms with Gasteiger partial charge in [-0.3, -0.25) is 4.79 Å². The van der Waals surface area contributed by atoms with Crippen LogP contribution in [0.2, 0.25) is 0 Å². The molecule has 0 aromatic heterocycles. The lowest BCUT2D eigenvalue weighted by Crippen LogP contribution is -2.43. The van der Waals surface area contributed by atoms with Crippen LogP contribution in [-0.4, -0.2) is 10.7 Å². The van der Waals surface area contributed by atoms with Crippen molar-refractivity contribution >= 4 is 23.4 Å². The van der Waals surface area contributed by atoms with Crippen LogP contribution in [0.3, 0.4) is 0 Å². The average Bonchev–Trinajstić information content (AvgIpc) is 2.32. The molecule has 3 rings (SSSR count). The third-order valence-electron chi connectivity index (χ3n) is 3.52. The Morgan fingerprint density at radius 2 is 1.88 bits per heavy atom. The number of benzene rings is 1. The van der Waals surface area contributed by atoms with Crippen molar-refractivity contribution in [2.75, 3.05) is 5.32 Å². The molecule has 1 aliphatic carbocycles. The van der Waals surface area contributed by atoms with E-state index in [4.69, 9.17) is 0 Å². The Hall–Kier alpha value is -0.960. The molecule has 2 aliphatic rings. The maximum absolute atomic E-state index is 12.2. The highest BCUT2D eigenvalue weighted by atomic mass is 32.2. The lowest BCUT2D eigenvalue weighted by atomic mass is 9.87. The molecular weight excluding hydrogens is 218 g/mol. The Morgan fingerprint density at radius 1 is 1.12 bits per heavy atom. The predicted octanol–water partition coefficient (Wildman–Crippen LogP) is 3.43. The maximum atomic E-state index is 12.2. The Labute approximate surface area is 99.8 Å². The Balaban J connectivity index is 1.97. The van der Waals surface area contributed by atoms with Gasteiger partial charge in [0.1, 0.15) is 0 Å². The molecule has 84 valence electrons. The Kier molecular flexibility index (Phi) is 2.43. The van der Waals surface area contributed by atoms with Crippen LogP contribution in [-0.2, 0) is 4.79 Å². The first-order chi connectivity index (χ1) is 7.80. The molecular formula is C13H15NOS. The molecule has 0 saturated heterocycles. The number of para-hydroxylation sites is 1. The van der Waals surface area contributed by atoms with Crippen molar-refractivity contribution in [1.82, 2.24) is 0 Å². The van der Waals surface area contributed by atoms with E-state index in [1.54, 1.807) is 11.8 Å². The number of carbonyl (C=O) groups excluding carboxylic acids is 1. The van der Waals surface area contributed by atoms with Crippen molar-refractivity contribution in [1.29, 1.82) is 0 Å². The predicted molar refractivity (Wildman–Crippen MR) is 66.7 cm³/mol. The van der Waals surface area contributed by atoms with Crippen molar-refractivity contribution < 1.29 is 4.79 Å². The maximum Gasteiger partial charge on any atom is 0.241 e. The van der Waals surface area contributed by atoms with E-state index in [-0.39, 0.29) is 10.7 Å². The first-order valence-electron chi connectivity index (χ1n) is 5.90. The lowest BCUT2D eigenvalue weighted by molar-refractivity contribution is -0.119. The number of nitrogens with one attached hydrogen (secondary N) is 1. The van der Waals surface area contributed by atoms with Gasteiger partial charge in [-0.15, -0.1) is 11.8 Å². The first kappa shape index (κ1) is 10.2. The monoisotopic (exact) mass is 233 g/mol. The van der Waals surface area contributed by atoms with Crippen LogP contribution < -0.4 is 5.32 Å². The van der Waals surface area contributed by atoms with Crippen LogP contribution in [0.25, 0.3) is 0 Å². The second kappa shape index (κ2) is 3.81. The number of hydrogen-bond acceptors (Lipinski definition) is 2. The summed E-state index contributed by atoms with van der Waals surface area (Å²) in [5, 5.41) is 3.06. The molecule has 0 radical (unpaired) electrons. The summed E-state index contributed by atoms with van der Waals surface area (Å²) in [7, 11) is 0. The van der Waals surface area contributed by atoms with Crippen LogP contribution in [0.1, 0.15) is 32.1 Å². The fraction of sp³-hybridized carbons (Fsp3) is 0.462. The Morgan fingerprint density at radius 3 is 2.69 bits per heavy atom. The van der Waals surface area contributed by atoms with Crippen molar-refractivity contribution in [3.05, 3.63) is 24.3 Å². The molecule has 2 nitrogen and oxygen atoms in total. The lowest BCUT2D eigenvalue weighted by Gasteiger charge is -2.38. The molecule has 1 aromatic carbocycles. The third kappa shape index (κ3) is 1.54. The first-order valence-corrected chi connectivity index (χ1v) is 6.71. The summed E-state index contributed by atoms with van der Waals surface area (Å²) in [6.45, 7) is 0. The van der Waals surface area contributed by atoms with Gasteiger partial charge >= 0.3 is 0 Å². The quantitative estimate of drug-likeness (QED) is 0.743. The van der Waals surface area contributed by atoms with E-state index < -0.39 is 0 Å². The summed E-state index contributed by atoms with van der Waals surface area (Å²) in [6, 6.07) is 8.10. The summed E-state index contributed by atoms with van der Waals surface area (Å²) >= 11 is 1.78. The second-order valence-corrected chi connectivity index (χ2v) is 6.03. The number of amides is 1. The zero-order valence-corrected chi connectivity index (χ0v) is 9.98. The van der Waals surface area contributed by atoms with Crippen LogP contribution >= 0.6 is 11.8 Å². The summed E-state index contributed by atoms with van der Waals surface area (Å²) < 4.78 is -0.174. The minimum atomic E-state index is -0.174. The molecule has 1 N–H and O–H groups in total. The van der Waals surface area contributed by atoms with Crippen molar-refractivity contribution in [2.24, 2.45) is 0 Å². The van der Waals surface area contributed by atoms with Crippen molar-refractivity contribution in [3.8, 4) is 0 Å². The minimum Gasteiger partial charge on any atom is -0.324 e. The zero-order valence-electron chi connectivity index (χ0n) is 9.16. The molecule has 1 spiro atoms. The standard InChI is InChI=1S/C13H15NOS/c15-12-13(8-4-1-5-9-13)16-11-7-3-2-6-10(11)14-12/h2-3,6-7H,1,4-5,8-9H2,(H,14,15).